The minimum Gasteiger partial charge on any atom is -0.449 e. The van der Waals surface area contributed by atoms with Gasteiger partial charge in [0.2, 0.25) is 5.56 Å². The molecule has 0 aliphatic carbocycles. The summed E-state index contributed by atoms with van der Waals surface area (Å²) in [5.74, 6) is 0.122. The Labute approximate surface area is 112 Å². The van der Waals surface area contributed by atoms with E-state index in [0.717, 1.165) is 24.1 Å². The molecule has 1 aromatic rings. The van der Waals surface area contributed by atoms with Crippen LogP contribution in [0.25, 0.3) is 0 Å². The van der Waals surface area contributed by atoms with E-state index >= 15 is 0 Å². The van der Waals surface area contributed by atoms with E-state index in [0.29, 0.717) is 19.7 Å². The van der Waals surface area contributed by atoms with Gasteiger partial charge in [-0.1, -0.05) is 26.3 Å². The van der Waals surface area contributed by atoms with E-state index in [1.54, 1.807) is 11.0 Å². The predicted molar refractivity (Wildman–Crippen MR) is 72.1 cm³/mol. The molecule has 5 heteroatoms. The third kappa shape index (κ3) is 3.16. The smallest absolute Gasteiger partial charge is 0.410 e. The number of hydrogen-bond acceptors (Lipinski definition) is 3. The number of aromatic nitrogens is 1. The van der Waals surface area contributed by atoms with Gasteiger partial charge in [0, 0.05) is 24.2 Å². The maximum atomic E-state index is 11.9. The standard InChI is InChI=1S/C14H20N2O3/c1-3-4-7-19-14(18)16-8-10(2)13-11(9-16)5-6-12(17)15-13/h5-6,10H,3-4,7-9H2,1-2H3,(H,15,17). The Hall–Kier alpha value is -1.78. The summed E-state index contributed by atoms with van der Waals surface area (Å²) in [5, 5.41) is 0. The molecule has 0 saturated heterocycles. The first-order chi connectivity index (χ1) is 9.11. The Morgan fingerprint density at radius 3 is 3.05 bits per heavy atom. The van der Waals surface area contributed by atoms with E-state index in [-0.39, 0.29) is 17.6 Å². The highest BCUT2D eigenvalue weighted by atomic mass is 16.6. The van der Waals surface area contributed by atoms with Crippen LogP contribution in [0.1, 0.15) is 43.9 Å². The molecule has 5 nitrogen and oxygen atoms in total. The van der Waals surface area contributed by atoms with Crippen molar-refractivity contribution in [2.75, 3.05) is 13.2 Å². The number of fused-ring (bicyclic) bond motifs is 1. The molecule has 1 aliphatic rings. The average Bonchev–Trinajstić information content (AvgIpc) is 2.39. The molecule has 2 heterocycles. The summed E-state index contributed by atoms with van der Waals surface area (Å²) in [5.41, 5.74) is 1.83. The molecule has 1 unspecified atom stereocenters. The number of nitrogens with one attached hydrogen (secondary N) is 1. The first-order valence-electron chi connectivity index (χ1n) is 6.75. The van der Waals surface area contributed by atoms with Gasteiger partial charge in [0.05, 0.1) is 13.2 Å². The fraction of sp³-hybridized carbons (Fsp3) is 0.571. The number of nitrogens with zero attached hydrogens (tertiary/aromatic N) is 1. The SMILES string of the molecule is CCCCOC(=O)N1Cc2ccc(=O)[nH]c2C(C)C1. The Morgan fingerprint density at radius 1 is 1.53 bits per heavy atom. The van der Waals surface area contributed by atoms with Crippen LogP contribution in [-0.2, 0) is 11.3 Å². The van der Waals surface area contributed by atoms with Crippen LogP contribution in [0, 0.1) is 0 Å². The summed E-state index contributed by atoms with van der Waals surface area (Å²) in [6.07, 6.45) is 1.63. The van der Waals surface area contributed by atoms with Crippen LogP contribution in [0.4, 0.5) is 4.79 Å². The van der Waals surface area contributed by atoms with Crippen LogP contribution < -0.4 is 5.56 Å². The second-order valence-electron chi connectivity index (χ2n) is 5.01. The fourth-order valence-corrected chi connectivity index (χ4v) is 2.32. The molecule has 2 rings (SSSR count). The number of unbranched alkanes of at least 4 members (excludes halogenated alkanes) is 1. The second-order valence-corrected chi connectivity index (χ2v) is 5.01. The zero-order valence-electron chi connectivity index (χ0n) is 11.4. The van der Waals surface area contributed by atoms with E-state index < -0.39 is 0 Å². The van der Waals surface area contributed by atoms with Crippen molar-refractivity contribution in [1.29, 1.82) is 0 Å². The molecule has 0 radical (unpaired) electrons. The van der Waals surface area contributed by atoms with E-state index in [1.165, 1.54) is 6.07 Å². The van der Waals surface area contributed by atoms with E-state index in [4.69, 9.17) is 4.74 Å². The lowest BCUT2D eigenvalue weighted by molar-refractivity contribution is 0.0932. The van der Waals surface area contributed by atoms with Crippen molar-refractivity contribution in [1.82, 2.24) is 9.88 Å². The van der Waals surface area contributed by atoms with Gasteiger partial charge < -0.3 is 14.6 Å². The molecule has 1 N–H and O–H groups in total. The molecule has 1 atom stereocenters. The van der Waals surface area contributed by atoms with Crippen molar-refractivity contribution < 1.29 is 9.53 Å². The fourth-order valence-electron chi connectivity index (χ4n) is 2.32. The van der Waals surface area contributed by atoms with Crippen LogP contribution >= 0.6 is 0 Å². The molecule has 0 fully saturated rings. The monoisotopic (exact) mass is 264 g/mol. The van der Waals surface area contributed by atoms with Crippen LogP contribution in [0.15, 0.2) is 16.9 Å². The van der Waals surface area contributed by atoms with Gasteiger partial charge in [-0.05, 0) is 12.0 Å². The van der Waals surface area contributed by atoms with Crippen molar-refractivity contribution in [3.05, 3.63) is 33.7 Å². The van der Waals surface area contributed by atoms with Gasteiger partial charge in [-0.2, -0.15) is 0 Å². The van der Waals surface area contributed by atoms with Gasteiger partial charge >= 0.3 is 6.09 Å². The highest BCUT2D eigenvalue weighted by molar-refractivity contribution is 5.68. The molecule has 1 aromatic heterocycles. The quantitative estimate of drug-likeness (QED) is 0.851. The summed E-state index contributed by atoms with van der Waals surface area (Å²) in [4.78, 5) is 27.8. The van der Waals surface area contributed by atoms with Gasteiger partial charge in [-0.3, -0.25) is 4.79 Å². The molecule has 104 valence electrons. The third-order valence-electron chi connectivity index (χ3n) is 3.37. The number of ether oxygens (including phenoxy) is 1. The number of amides is 1. The number of H-pyrrole nitrogens is 1. The van der Waals surface area contributed by atoms with Gasteiger partial charge in [0.1, 0.15) is 0 Å². The first-order valence-corrected chi connectivity index (χ1v) is 6.75. The maximum absolute atomic E-state index is 11.9. The maximum Gasteiger partial charge on any atom is 0.410 e. The molecule has 19 heavy (non-hydrogen) atoms. The van der Waals surface area contributed by atoms with E-state index in [2.05, 4.69) is 11.9 Å². The lowest BCUT2D eigenvalue weighted by Crippen LogP contribution is -2.39. The van der Waals surface area contributed by atoms with Crippen LogP contribution in [0.2, 0.25) is 0 Å². The minimum atomic E-state index is -0.267. The zero-order chi connectivity index (χ0) is 13.8. The zero-order valence-corrected chi connectivity index (χ0v) is 11.4. The first kappa shape index (κ1) is 13.6. The second kappa shape index (κ2) is 5.91. The lowest BCUT2D eigenvalue weighted by atomic mass is 9.97. The molecule has 0 saturated carbocycles. The molecule has 1 amide bonds. The van der Waals surface area contributed by atoms with Crippen molar-refractivity contribution in [3.63, 3.8) is 0 Å². The average molecular weight is 264 g/mol. The molecular weight excluding hydrogens is 244 g/mol. The van der Waals surface area contributed by atoms with Gasteiger partial charge in [0.15, 0.2) is 0 Å². The largest absolute Gasteiger partial charge is 0.449 e. The minimum absolute atomic E-state index is 0.0930. The van der Waals surface area contributed by atoms with Crippen molar-refractivity contribution >= 4 is 6.09 Å². The summed E-state index contributed by atoms with van der Waals surface area (Å²) in [6, 6.07) is 3.29. The molecular formula is C14H20N2O3. The number of pyridine rings is 1. The third-order valence-corrected chi connectivity index (χ3v) is 3.37. The molecule has 0 aromatic carbocycles. The highest BCUT2D eigenvalue weighted by Gasteiger charge is 2.26. The Balaban J connectivity index is 2.06. The number of aromatic amines is 1. The Kier molecular flexibility index (Phi) is 4.24. The van der Waals surface area contributed by atoms with E-state index in [1.807, 2.05) is 6.92 Å². The Bertz CT molecular complexity index is 510. The number of carbonyl (C=O) groups excluding carboxylic acids is 1. The molecule has 0 bridgehead atoms. The predicted octanol–water partition coefficient (Wildman–Crippen LogP) is 2.23. The summed E-state index contributed by atoms with van der Waals surface area (Å²) in [6.45, 7) is 5.61. The normalized spacial score (nSPS) is 18.0. The topological polar surface area (TPSA) is 62.4 Å². The molecule has 1 aliphatic heterocycles. The summed E-state index contributed by atoms with van der Waals surface area (Å²) < 4.78 is 5.22. The Morgan fingerprint density at radius 2 is 2.32 bits per heavy atom. The number of carbonyl (C=O) groups is 1. The summed E-state index contributed by atoms with van der Waals surface area (Å²) in [7, 11) is 0. The number of rotatable bonds is 3. The van der Waals surface area contributed by atoms with Crippen LogP contribution in [0.5, 0.6) is 0 Å². The highest BCUT2D eigenvalue weighted by Crippen LogP contribution is 2.25. The van der Waals surface area contributed by atoms with E-state index in [9.17, 15) is 9.59 Å². The van der Waals surface area contributed by atoms with Crippen molar-refractivity contribution in [2.45, 2.75) is 39.2 Å². The van der Waals surface area contributed by atoms with Gasteiger partial charge in [-0.25, -0.2) is 4.79 Å². The van der Waals surface area contributed by atoms with Crippen LogP contribution in [-0.4, -0.2) is 29.1 Å². The van der Waals surface area contributed by atoms with Gasteiger partial charge in [0.25, 0.3) is 0 Å². The van der Waals surface area contributed by atoms with Crippen LogP contribution in [0.3, 0.4) is 0 Å². The van der Waals surface area contributed by atoms with Crippen molar-refractivity contribution in [3.8, 4) is 0 Å². The van der Waals surface area contributed by atoms with Crippen molar-refractivity contribution in [2.24, 2.45) is 0 Å². The lowest BCUT2D eigenvalue weighted by Gasteiger charge is -2.31. The number of hydrogen-bond donors (Lipinski definition) is 1. The molecule has 0 spiro atoms. The van der Waals surface area contributed by atoms with Gasteiger partial charge in [-0.15, -0.1) is 0 Å². The summed E-state index contributed by atoms with van der Waals surface area (Å²) >= 11 is 0.